The number of hydrogen-bond acceptors (Lipinski definition) is 6. The van der Waals surface area contributed by atoms with Crippen LogP contribution in [0.3, 0.4) is 0 Å². The number of piperidine rings is 1. The molecule has 9 heteroatoms. The summed E-state index contributed by atoms with van der Waals surface area (Å²) in [4.78, 5) is 2.49. The van der Waals surface area contributed by atoms with Gasteiger partial charge in [-0.1, -0.05) is 17.7 Å². The van der Waals surface area contributed by atoms with E-state index in [0.29, 0.717) is 28.9 Å². The third-order valence-electron chi connectivity index (χ3n) is 5.29. The molecule has 1 aliphatic rings. The predicted octanol–water partition coefficient (Wildman–Crippen LogP) is 4.31. The summed E-state index contributed by atoms with van der Waals surface area (Å²) in [5.41, 5.74) is 1.43. The zero-order valence-electron chi connectivity index (χ0n) is 16.4. The zero-order chi connectivity index (χ0) is 21.3. The monoisotopic (exact) mass is 449 g/mol. The third kappa shape index (κ3) is 4.71. The van der Waals surface area contributed by atoms with E-state index in [9.17, 15) is 12.8 Å². The van der Waals surface area contributed by atoms with Crippen molar-refractivity contribution in [1.29, 1.82) is 0 Å². The Bertz CT molecular complexity index is 1140. The summed E-state index contributed by atoms with van der Waals surface area (Å²) in [6.07, 6.45) is 2.85. The van der Waals surface area contributed by atoms with Crippen LogP contribution < -0.4 is 0 Å². The van der Waals surface area contributed by atoms with Gasteiger partial charge in [-0.25, -0.2) is 12.8 Å². The number of likely N-dealkylation sites (tertiary alicyclic amines) is 1. The standard InChI is InChI=1S/C21H21ClFN3O3S/c1-30(27,28)19-12-17(22)5-2-16(19)13-26-10-8-15(9-11-26)21-25-24-20(29-21)14-3-6-18(23)7-4-14/h2-7,12,15H,8-11,13H2,1H3. The quantitative estimate of drug-likeness (QED) is 0.577. The molecule has 3 aromatic rings. The second-order valence-corrected chi connectivity index (χ2v) is 9.95. The molecule has 4 rings (SSSR count). The summed E-state index contributed by atoms with van der Waals surface area (Å²) in [7, 11) is -3.35. The van der Waals surface area contributed by atoms with Crippen LogP contribution in [0.1, 0.15) is 30.2 Å². The molecule has 0 spiro atoms. The van der Waals surface area contributed by atoms with Crippen molar-refractivity contribution in [2.24, 2.45) is 0 Å². The molecule has 158 valence electrons. The topological polar surface area (TPSA) is 76.3 Å². The summed E-state index contributed by atoms with van der Waals surface area (Å²) in [6, 6.07) is 10.9. The molecule has 1 fully saturated rings. The van der Waals surface area contributed by atoms with Crippen molar-refractivity contribution < 1.29 is 17.2 Å². The molecule has 30 heavy (non-hydrogen) atoms. The Hall–Kier alpha value is -2.29. The van der Waals surface area contributed by atoms with Crippen LogP contribution in [0.5, 0.6) is 0 Å². The van der Waals surface area contributed by atoms with Gasteiger partial charge in [0, 0.05) is 29.3 Å². The minimum atomic E-state index is -3.35. The van der Waals surface area contributed by atoms with Crippen LogP contribution in [0, 0.1) is 5.82 Å². The number of hydrogen-bond donors (Lipinski definition) is 0. The molecule has 1 aromatic heterocycles. The van der Waals surface area contributed by atoms with Gasteiger partial charge < -0.3 is 4.42 Å². The normalized spacial score (nSPS) is 16.1. The Morgan fingerprint density at radius 1 is 1.13 bits per heavy atom. The highest BCUT2D eigenvalue weighted by atomic mass is 35.5. The van der Waals surface area contributed by atoms with Crippen molar-refractivity contribution in [1.82, 2.24) is 15.1 Å². The molecule has 0 aliphatic carbocycles. The Labute approximate surface area is 179 Å². The Morgan fingerprint density at radius 2 is 1.83 bits per heavy atom. The van der Waals surface area contributed by atoms with Crippen molar-refractivity contribution in [2.45, 2.75) is 30.2 Å². The molecule has 6 nitrogen and oxygen atoms in total. The van der Waals surface area contributed by atoms with Gasteiger partial charge in [-0.05, 0) is 67.9 Å². The van der Waals surface area contributed by atoms with Crippen LogP contribution in [0.15, 0.2) is 51.8 Å². The van der Waals surface area contributed by atoms with Crippen LogP contribution in [-0.4, -0.2) is 42.9 Å². The molecule has 1 saturated heterocycles. The lowest BCUT2D eigenvalue weighted by molar-refractivity contribution is 0.192. The van der Waals surface area contributed by atoms with Crippen molar-refractivity contribution >= 4 is 21.4 Å². The zero-order valence-corrected chi connectivity index (χ0v) is 18.0. The third-order valence-corrected chi connectivity index (χ3v) is 6.71. The lowest BCUT2D eigenvalue weighted by Crippen LogP contribution is -2.33. The lowest BCUT2D eigenvalue weighted by Gasteiger charge is -2.30. The number of sulfone groups is 1. The predicted molar refractivity (Wildman–Crippen MR) is 112 cm³/mol. The van der Waals surface area contributed by atoms with Crippen molar-refractivity contribution in [3.05, 3.63) is 64.8 Å². The number of benzene rings is 2. The first-order valence-electron chi connectivity index (χ1n) is 9.60. The van der Waals surface area contributed by atoms with Gasteiger partial charge in [0.1, 0.15) is 5.82 Å². The highest BCUT2D eigenvalue weighted by Gasteiger charge is 2.26. The fourth-order valence-corrected chi connectivity index (χ4v) is 4.88. The molecule has 1 aliphatic heterocycles. The average molecular weight is 450 g/mol. The van der Waals surface area contributed by atoms with E-state index in [-0.39, 0.29) is 16.6 Å². The van der Waals surface area contributed by atoms with Gasteiger partial charge in [0.15, 0.2) is 9.84 Å². The maximum absolute atomic E-state index is 13.1. The van der Waals surface area contributed by atoms with Gasteiger partial charge in [-0.15, -0.1) is 10.2 Å². The number of halogens is 2. The molecule has 0 saturated carbocycles. The molecule has 0 unspecified atom stereocenters. The minimum absolute atomic E-state index is 0.141. The smallest absolute Gasteiger partial charge is 0.247 e. The minimum Gasteiger partial charge on any atom is -0.420 e. The van der Waals surface area contributed by atoms with Crippen LogP contribution in [0.25, 0.3) is 11.5 Å². The number of aromatic nitrogens is 2. The van der Waals surface area contributed by atoms with E-state index in [0.717, 1.165) is 31.5 Å². The molecule has 0 atom stereocenters. The number of nitrogens with zero attached hydrogens (tertiary/aromatic N) is 3. The summed E-state index contributed by atoms with van der Waals surface area (Å²) in [5.74, 6) is 0.789. The average Bonchev–Trinajstić information content (AvgIpc) is 3.20. The molecule has 2 aromatic carbocycles. The van der Waals surface area contributed by atoms with Crippen molar-refractivity contribution in [3.63, 3.8) is 0 Å². The first-order valence-corrected chi connectivity index (χ1v) is 11.9. The summed E-state index contributed by atoms with van der Waals surface area (Å²) in [6.45, 7) is 2.10. The Morgan fingerprint density at radius 3 is 2.50 bits per heavy atom. The molecular formula is C21H21ClFN3O3S. The first-order chi connectivity index (χ1) is 14.3. The fraction of sp³-hybridized carbons (Fsp3) is 0.333. The SMILES string of the molecule is CS(=O)(=O)c1cc(Cl)ccc1CN1CCC(c2nnc(-c3ccc(F)cc3)o2)CC1. The molecule has 0 bridgehead atoms. The van der Waals surface area contributed by atoms with Gasteiger partial charge in [-0.2, -0.15) is 0 Å². The molecule has 0 amide bonds. The molecular weight excluding hydrogens is 429 g/mol. The maximum Gasteiger partial charge on any atom is 0.247 e. The highest BCUT2D eigenvalue weighted by Crippen LogP contribution is 2.31. The number of rotatable bonds is 5. The van der Waals surface area contributed by atoms with Crippen molar-refractivity contribution in [2.75, 3.05) is 19.3 Å². The molecule has 0 radical (unpaired) electrons. The second kappa shape index (κ2) is 8.45. The van der Waals surface area contributed by atoms with Crippen LogP contribution in [-0.2, 0) is 16.4 Å². The van der Waals surface area contributed by atoms with Gasteiger partial charge in [-0.3, -0.25) is 4.90 Å². The molecule has 2 heterocycles. The summed E-state index contributed by atoms with van der Waals surface area (Å²) < 4.78 is 43.1. The first kappa shape index (κ1) is 21.0. The van der Waals surface area contributed by atoms with E-state index >= 15 is 0 Å². The Kier molecular flexibility index (Phi) is 5.90. The molecule has 0 N–H and O–H groups in total. The van der Waals surface area contributed by atoms with E-state index in [2.05, 4.69) is 15.1 Å². The largest absolute Gasteiger partial charge is 0.420 e. The van der Waals surface area contributed by atoms with Crippen LogP contribution in [0.4, 0.5) is 4.39 Å². The van der Waals surface area contributed by atoms with Gasteiger partial charge in [0.2, 0.25) is 11.8 Å². The fourth-order valence-electron chi connectivity index (χ4n) is 3.69. The summed E-state index contributed by atoms with van der Waals surface area (Å²) in [5, 5.41) is 8.68. The van der Waals surface area contributed by atoms with E-state index in [4.69, 9.17) is 16.0 Å². The van der Waals surface area contributed by atoms with Crippen LogP contribution in [0.2, 0.25) is 5.02 Å². The van der Waals surface area contributed by atoms with Crippen molar-refractivity contribution in [3.8, 4) is 11.5 Å². The van der Waals surface area contributed by atoms with Gasteiger partial charge in [0.05, 0.1) is 4.90 Å². The van der Waals surface area contributed by atoms with Gasteiger partial charge >= 0.3 is 0 Å². The maximum atomic E-state index is 13.1. The lowest BCUT2D eigenvalue weighted by atomic mass is 9.96. The van der Waals surface area contributed by atoms with Gasteiger partial charge in [0.25, 0.3) is 0 Å². The second-order valence-electron chi connectivity index (χ2n) is 7.53. The van der Waals surface area contributed by atoms with E-state index in [1.54, 1.807) is 24.3 Å². The van der Waals surface area contributed by atoms with E-state index in [1.807, 2.05) is 0 Å². The van der Waals surface area contributed by atoms with E-state index < -0.39 is 9.84 Å². The van der Waals surface area contributed by atoms with E-state index in [1.165, 1.54) is 24.5 Å². The Balaban J connectivity index is 1.41. The highest BCUT2D eigenvalue weighted by molar-refractivity contribution is 7.90. The summed E-state index contributed by atoms with van der Waals surface area (Å²) >= 11 is 5.99. The van der Waals surface area contributed by atoms with Crippen LogP contribution >= 0.6 is 11.6 Å².